The summed E-state index contributed by atoms with van der Waals surface area (Å²) in [5.74, 6) is -0.780. The molecule has 0 N–H and O–H groups in total. The van der Waals surface area contributed by atoms with Crippen LogP contribution in [-0.2, 0) is 0 Å². The Morgan fingerprint density at radius 1 is 0.879 bits per heavy atom. The van der Waals surface area contributed by atoms with Gasteiger partial charge in [0, 0.05) is 11.8 Å². The summed E-state index contributed by atoms with van der Waals surface area (Å²) in [6.45, 7) is 1.95. The second-order valence-corrected chi connectivity index (χ2v) is 8.32. The highest BCUT2D eigenvalue weighted by Gasteiger charge is 2.39. The van der Waals surface area contributed by atoms with Gasteiger partial charge in [0.15, 0.2) is 5.78 Å². The molecule has 4 aromatic rings. The van der Waals surface area contributed by atoms with E-state index < -0.39 is 11.8 Å². The molecular formula is C24H17N5O3S. The highest BCUT2D eigenvalue weighted by atomic mass is 32.2. The van der Waals surface area contributed by atoms with Crippen molar-refractivity contribution in [2.24, 2.45) is 0 Å². The van der Waals surface area contributed by atoms with Crippen LogP contribution >= 0.6 is 11.8 Å². The van der Waals surface area contributed by atoms with E-state index in [9.17, 15) is 14.4 Å². The highest BCUT2D eigenvalue weighted by Crippen LogP contribution is 2.29. The molecule has 2 aromatic heterocycles. The summed E-state index contributed by atoms with van der Waals surface area (Å²) in [5.41, 5.74) is 2.68. The number of aryl methyl sites for hydroxylation is 1. The van der Waals surface area contributed by atoms with E-state index in [2.05, 4.69) is 15.2 Å². The Hall–Kier alpha value is -4.11. The van der Waals surface area contributed by atoms with E-state index in [0.29, 0.717) is 22.4 Å². The van der Waals surface area contributed by atoms with Crippen molar-refractivity contribution in [1.82, 2.24) is 19.9 Å². The van der Waals surface area contributed by atoms with Crippen LogP contribution in [0.2, 0.25) is 0 Å². The van der Waals surface area contributed by atoms with Crippen molar-refractivity contribution in [2.45, 2.75) is 12.1 Å². The molecule has 1 aliphatic heterocycles. The van der Waals surface area contributed by atoms with Crippen molar-refractivity contribution >= 4 is 29.4 Å². The van der Waals surface area contributed by atoms with Gasteiger partial charge in [-0.05, 0) is 31.2 Å². The quantitative estimate of drug-likeness (QED) is 0.249. The summed E-state index contributed by atoms with van der Waals surface area (Å²) >= 11 is 1.11. The number of Topliss-reactive ketones (excluding diaryl/α,β-unsaturated/α-hetero) is 1. The van der Waals surface area contributed by atoms with Gasteiger partial charge in [-0.25, -0.2) is 0 Å². The van der Waals surface area contributed by atoms with Gasteiger partial charge in [0.1, 0.15) is 5.69 Å². The molecule has 33 heavy (non-hydrogen) atoms. The second-order valence-electron chi connectivity index (χ2n) is 7.38. The molecule has 162 valence electrons. The molecule has 0 saturated heterocycles. The van der Waals surface area contributed by atoms with Crippen LogP contribution in [0, 0.1) is 6.92 Å². The predicted molar refractivity (Wildman–Crippen MR) is 123 cm³/mol. The van der Waals surface area contributed by atoms with Crippen molar-refractivity contribution in [3.05, 3.63) is 95.2 Å². The van der Waals surface area contributed by atoms with E-state index >= 15 is 0 Å². The van der Waals surface area contributed by atoms with Gasteiger partial charge in [-0.2, -0.15) is 9.69 Å². The minimum absolute atomic E-state index is 0.0621. The van der Waals surface area contributed by atoms with E-state index in [1.54, 1.807) is 60.8 Å². The van der Waals surface area contributed by atoms with Gasteiger partial charge in [0.2, 0.25) is 11.0 Å². The number of aromatic nitrogens is 4. The van der Waals surface area contributed by atoms with Gasteiger partial charge in [0.25, 0.3) is 11.8 Å². The number of thioether (sulfide) groups is 1. The molecule has 0 atom stereocenters. The van der Waals surface area contributed by atoms with E-state index in [4.69, 9.17) is 0 Å². The second kappa shape index (κ2) is 8.44. The van der Waals surface area contributed by atoms with Crippen molar-refractivity contribution in [2.75, 3.05) is 10.8 Å². The fourth-order valence-corrected chi connectivity index (χ4v) is 4.32. The Kier molecular flexibility index (Phi) is 5.31. The molecule has 3 heterocycles. The maximum absolute atomic E-state index is 13.2. The zero-order chi connectivity index (χ0) is 22.9. The summed E-state index contributed by atoms with van der Waals surface area (Å²) in [6, 6.07) is 19.1. The molecule has 5 rings (SSSR count). The average molecular weight is 455 g/mol. The first-order valence-corrected chi connectivity index (χ1v) is 11.1. The molecule has 0 fully saturated rings. The van der Waals surface area contributed by atoms with E-state index in [1.807, 2.05) is 19.1 Å². The van der Waals surface area contributed by atoms with Crippen LogP contribution < -0.4 is 5.01 Å². The number of nitrogens with zero attached hydrogens (tertiary/aromatic N) is 5. The number of hydrogen-bond donors (Lipinski definition) is 0. The fourth-order valence-electron chi connectivity index (χ4n) is 3.50. The molecular weight excluding hydrogens is 438 g/mol. The van der Waals surface area contributed by atoms with Crippen LogP contribution in [0.4, 0.5) is 0 Å². The van der Waals surface area contributed by atoms with E-state index in [1.165, 1.54) is 4.68 Å². The molecule has 0 spiro atoms. The normalized spacial score (nSPS) is 12.8. The molecule has 8 nitrogen and oxygen atoms in total. The van der Waals surface area contributed by atoms with Crippen LogP contribution in [0.1, 0.15) is 36.6 Å². The average Bonchev–Trinajstić information content (AvgIpc) is 3.37. The number of carbonyl (C=O) groups is 3. The molecule has 0 saturated carbocycles. The van der Waals surface area contributed by atoms with Gasteiger partial charge in [0.05, 0.1) is 16.9 Å². The van der Waals surface area contributed by atoms with Crippen molar-refractivity contribution in [3.8, 4) is 11.5 Å². The number of amides is 2. The lowest BCUT2D eigenvalue weighted by Crippen LogP contribution is -2.41. The third kappa shape index (κ3) is 3.72. The number of rotatable bonds is 6. The highest BCUT2D eigenvalue weighted by molar-refractivity contribution is 7.99. The van der Waals surface area contributed by atoms with Crippen LogP contribution in [-0.4, -0.2) is 43.2 Å². The number of benzene rings is 2. The standard InChI is InChI=1S/C24H17N5O3S/c1-15-9-11-16(12-10-15)20(30)14-33-24-27-26-21(19-8-4-5-13-25-19)28(24)29-22(31)17-6-2-3-7-18(17)23(29)32/h2-13H,14H2,1H3. The number of imide groups is 1. The maximum Gasteiger partial charge on any atom is 0.281 e. The third-order valence-electron chi connectivity index (χ3n) is 5.18. The van der Waals surface area contributed by atoms with Gasteiger partial charge in [-0.1, -0.05) is 59.8 Å². The summed E-state index contributed by atoms with van der Waals surface area (Å²) in [6.07, 6.45) is 1.59. The molecule has 0 aliphatic carbocycles. The van der Waals surface area contributed by atoms with E-state index in [0.717, 1.165) is 22.3 Å². The largest absolute Gasteiger partial charge is 0.293 e. The van der Waals surface area contributed by atoms with E-state index in [-0.39, 0.29) is 22.5 Å². The van der Waals surface area contributed by atoms with Crippen molar-refractivity contribution in [3.63, 3.8) is 0 Å². The van der Waals surface area contributed by atoms with Crippen LogP contribution in [0.5, 0.6) is 0 Å². The molecule has 0 bridgehead atoms. The number of hydrogen-bond acceptors (Lipinski definition) is 7. The van der Waals surface area contributed by atoms with Crippen molar-refractivity contribution < 1.29 is 14.4 Å². The Morgan fingerprint density at radius 2 is 1.55 bits per heavy atom. The van der Waals surface area contributed by atoms with Gasteiger partial charge in [-0.3, -0.25) is 19.4 Å². The number of ketones is 1. The molecule has 9 heteroatoms. The monoisotopic (exact) mass is 455 g/mol. The Balaban J connectivity index is 1.53. The van der Waals surface area contributed by atoms with Crippen molar-refractivity contribution in [1.29, 1.82) is 0 Å². The predicted octanol–water partition coefficient (Wildman–Crippen LogP) is 3.56. The van der Waals surface area contributed by atoms with Crippen LogP contribution in [0.15, 0.2) is 78.1 Å². The summed E-state index contributed by atoms with van der Waals surface area (Å²) in [7, 11) is 0. The Labute approximate surface area is 193 Å². The number of fused-ring (bicyclic) bond motifs is 1. The molecule has 0 unspecified atom stereocenters. The number of pyridine rings is 1. The minimum atomic E-state index is -0.487. The van der Waals surface area contributed by atoms with Gasteiger partial charge in [-0.15, -0.1) is 10.2 Å². The zero-order valence-corrected chi connectivity index (χ0v) is 18.3. The number of carbonyl (C=O) groups excluding carboxylic acids is 3. The maximum atomic E-state index is 13.2. The minimum Gasteiger partial charge on any atom is -0.293 e. The fraction of sp³-hybridized carbons (Fsp3) is 0.0833. The molecule has 2 aromatic carbocycles. The lowest BCUT2D eigenvalue weighted by Gasteiger charge is -2.18. The molecule has 1 aliphatic rings. The first kappa shape index (κ1) is 20.8. The van der Waals surface area contributed by atoms with Gasteiger partial charge < -0.3 is 0 Å². The molecule has 2 amide bonds. The first-order valence-electron chi connectivity index (χ1n) is 10.1. The molecule has 0 radical (unpaired) electrons. The summed E-state index contributed by atoms with van der Waals surface area (Å²) < 4.78 is 1.35. The Bertz CT molecular complexity index is 1350. The Morgan fingerprint density at radius 3 is 2.18 bits per heavy atom. The topological polar surface area (TPSA) is 98.1 Å². The van der Waals surface area contributed by atoms with Crippen LogP contribution in [0.25, 0.3) is 11.5 Å². The third-order valence-corrected chi connectivity index (χ3v) is 6.10. The summed E-state index contributed by atoms with van der Waals surface area (Å²) in [4.78, 5) is 43.3. The lowest BCUT2D eigenvalue weighted by molar-refractivity contribution is 0.0881. The first-order chi connectivity index (χ1) is 16.0. The smallest absolute Gasteiger partial charge is 0.281 e. The summed E-state index contributed by atoms with van der Waals surface area (Å²) in [5, 5.41) is 9.63. The SMILES string of the molecule is Cc1ccc(C(=O)CSc2nnc(-c3ccccn3)n2N2C(=O)c3ccccc3C2=O)cc1. The lowest BCUT2D eigenvalue weighted by atomic mass is 10.1. The van der Waals surface area contributed by atoms with Crippen LogP contribution in [0.3, 0.4) is 0 Å². The van der Waals surface area contributed by atoms with Gasteiger partial charge >= 0.3 is 0 Å². The zero-order valence-electron chi connectivity index (χ0n) is 17.5.